The first-order chi connectivity index (χ1) is 8.70. The topological polar surface area (TPSA) is 30.0 Å². The van der Waals surface area contributed by atoms with Crippen molar-refractivity contribution in [1.29, 1.82) is 0 Å². The summed E-state index contributed by atoms with van der Waals surface area (Å²) in [5.41, 5.74) is 0.992. The van der Waals surface area contributed by atoms with Gasteiger partial charge in [0.2, 0.25) is 0 Å². The van der Waals surface area contributed by atoms with E-state index in [1.54, 1.807) is 18.3 Å². The minimum atomic E-state index is 0.165. The number of aromatic nitrogens is 1. The highest BCUT2D eigenvalue weighted by Gasteiger charge is 2.17. The van der Waals surface area contributed by atoms with Gasteiger partial charge in [-0.1, -0.05) is 26.2 Å². The minimum absolute atomic E-state index is 0.165. The Hall–Kier alpha value is -0.350. The number of aryl methyl sites for hydroxylation is 1. The summed E-state index contributed by atoms with van der Waals surface area (Å²) in [6, 6.07) is 0. The third-order valence-electron chi connectivity index (χ3n) is 3.39. The predicted octanol–water partition coefficient (Wildman–Crippen LogP) is 4.47. The molecule has 2 nitrogen and oxygen atoms in total. The zero-order valence-electron chi connectivity index (χ0n) is 11.2. The molecule has 0 bridgehead atoms. The molecule has 1 heterocycles. The van der Waals surface area contributed by atoms with E-state index in [1.165, 1.54) is 32.1 Å². The van der Waals surface area contributed by atoms with Crippen LogP contribution in [0.3, 0.4) is 0 Å². The second kappa shape index (κ2) is 6.71. The number of thiazole rings is 1. The van der Waals surface area contributed by atoms with Crippen molar-refractivity contribution in [1.82, 2.24) is 4.98 Å². The molecule has 0 saturated heterocycles. The van der Waals surface area contributed by atoms with Gasteiger partial charge in [-0.15, -0.1) is 11.3 Å². The van der Waals surface area contributed by atoms with Crippen molar-refractivity contribution < 1.29 is 4.79 Å². The maximum absolute atomic E-state index is 11.5. The van der Waals surface area contributed by atoms with E-state index in [1.807, 2.05) is 11.8 Å². The lowest BCUT2D eigenvalue weighted by atomic mass is 10.0. The fourth-order valence-electron chi connectivity index (χ4n) is 2.40. The molecule has 100 valence electrons. The predicted molar refractivity (Wildman–Crippen MR) is 79.7 cm³/mol. The lowest BCUT2D eigenvalue weighted by Crippen LogP contribution is -2.08. The first-order valence-corrected chi connectivity index (χ1v) is 8.68. The van der Waals surface area contributed by atoms with E-state index in [9.17, 15) is 4.79 Å². The average Bonchev–Trinajstić information content (AvgIpc) is 2.81. The second-order valence-electron chi connectivity index (χ2n) is 4.86. The number of carbonyl (C=O) groups excluding carboxylic acids is 1. The van der Waals surface area contributed by atoms with Crippen molar-refractivity contribution >= 4 is 28.9 Å². The van der Waals surface area contributed by atoms with E-state index in [0.29, 0.717) is 0 Å². The van der Waals surface area contributed by atoms with Crippen LogP contribution in [-0.4, -0.2) is 16.0 Å². The molecule has 0 aromatic carbocycles. The standard InChI is InChI=1S/C14H21NOS2/c1-3-12-14(10(2)16)18-13(15-12)9-17-11-7-5-4-6-8-11/h11H,3-9H2,1-2H3. The van der Waals surface area contributed by atoms with Gasteiger partial charge in [0.15, 0.2) is 5.78 Å². The van der Waals surface area contributed by atoms with E-state index >= 15 is 0 Å². The Morgan fingerprint density at radius 1 is 1.39 bits per heavy atom. The van der Waals surface area contributed by atoms with Crippen LogP contribution in [0.2, 0.25) is 0 Å². The summed E-state index contributed by atoms with van der Waals surface area (Å²) < 4.78 is 0. The summed E-state index contributed by atoms with van der Waals surface area (Å²) in [6.45, 7) is 3.71. The molecule has 0 unspecified atom stereocenters. The van der Waals surface area contributed by atoms with Gasteiger partial charge in [0.1, 0.15) is 5.01 Å². The van der Waals surface area contributed by atoms with Crippen LogP contribution in [0.5, 0.6) is 0 Å². The van der Waals surface area contributed by atoms with Crippen molar-refractivity contribution in [3.8, 4) is 0 Å². The summed E-state index contributed by atoms with van der Waals surface area (Å²) in [5.74, 6) is 1.15. The Kier molecular flexibility index (Phi) is 5.25. The first-order valence-electron chi connectivity index (χ1n) is 6.81. The van der Waals surface area contributed by atoms with Gasteiger partial charge in [0.05, 0.1) is 10.6 Å². The molecule has 1 aliphatic carbocycles. The quantitative estimate of drug-likeness (QED) is 0.747. The molecule has 1 fully saturated rings. The lowest BCUT2D eigenvalue weighted by Gasteiger charge is -2.20. The second-order valence-corrected chi connectivity index (χ2v) is 7.24. The SMILES string of the molecule is CCc1nc(CSC2CCCCC2)sc1C(C)=O. The highest BCUT2D eigenvalue weighted by atomic mass is 32.2. The zero-order valence-corrected chi connectivity index (χ0v) is 12.8. The molecule has 0 atom stereocenters. The molecule has 2 rings (SSSR count). The Bertz CT molecular complexity index is 408. The molecule has 0 aliphatic heterocycles. The van der Waals surface area contributed by atoms with E-state index in [4.69, 9.17) is 0 Å². The Morgan fingerprint density at radius 3 is 2.67 bits per heavy atom. The Morgan fingerprint density at radius 2 is 2.11 bits per heavy atom. The summed E-state index contributed by atoms with van der Waals surface area (Å²) in [6.07, 6.45) is 7.75. The number of ketones is 1. The van der Waals surface area contributed by atoms with E-state index in [-0.39, 0.29) is 5.78 Å². The van der Waals surface area contributed by atoms with E-state index < -0.39 is 0 Å². The average molecular weight is 283 g/mol. The number of nitrogens with zero attached hydrogens (tertiary/aromatic N) is 1. The van der Waals surface area contributed by atoms with E-state index in [0.717, 1.165) is 33.0 Å². The molecule has 0 amide bonds. The van der Waals surface area contributed by atoms with Crippen LogP contribution in [0.15, 0.2) is 0 Å². The monoisotopic (exact) mass is 283 g/mol. The van der Waals surface area contributed by atoms with Gasteiger partial charge in [-0.25, -0.2) is 4.98 Å². The largest absolute Gasteiger partial charge is 0.294 e. The normalized spacial score (nSPS) is 17.0. The summed E-state index contributed by atoms with van der Waals surface area (Å²) in [4.78, 5) is 17.0. The Labute approximate surface area is 118 Å². The fourth-order valence-corrected chi connectivity index (χ4v) is 4.79. The van der Waals surface area contributed by atoms with Crippen LogP contribution >= 0.6 is 23.1 Å². The van der Waals surface area contributed by atoms with Crippen LogP contribution in [0, 0.1) is 0 Å². The van der Waals surface area contributed by atoms with Crippen LogP contribution < -0.4 is 0 Å². The highest BCUT2D eigenvalue weighted by Crippen LogP contribution is 2.32. The molecule has 1 aromatic heterocycles. The van der Waals surface area contributed by atoms with Crippen molar-refractivity contribution in [2.75, 3.05) is 0 Å². The van der Waals surface area contributed by atoms with Gasteiger partial charge < -0.3 is 0 Å². The third-order valence-corrected chi connectivity index (χ3v) is 6.16. The van der Waals surface area contributed by atoms with Crippen LogP contribution in [0.25, 0.3) is 0 Å². The molecule has 0 radical (unpaired) electrons. The molecule has 1 aromatic rings. The molecular formula is C14H21NOS2. The van der Waals surface area contributed by atoms with Gasteiger partial charge in [0.25, 0.3) is 0 Å². The lowest BCUT2D eigenvalue weighted by molar-refractivity contribution is 0.102. The van der Waals surface area contributed by atoms with Crippen LogP contribution in [0.1, 0.15) is 66.3 Å². The summed E-state index contributed by atoms with van der Waals surface area (Å²) in [7, 11) is 0. The van der Waals surface area contributed by atoms with E-state index in [2.05, 4.69) is 11.9 Å². The third kappa shape index (κ3) is 3.58. The molecule has 1 saturated carbocycles. The van der Waals surface area contributed by atoms with Crippen molar-refractivity contribution in [2.24, 2.45) is 0 Å². The van der Waals surface area contributed by atoms with Gasteiger partial charge in [-0.05, 0) is 19.3 Å². The number of hydrogen-bond donors (Lipinski definition) is 0. The fraction of sp³-hybridized carbons (Fsp3) is 0.714. The number of carbonyl (C=O) groups is 1. The smallest absolute Gasteiger partial charge is 0.171 e. The molecular weight excluding hydrogens is 262 g/mol. The van der Waals surface area contributed by atoms with Gasteiger partial charge in [-0.3, -0.25) is 4.79 Å². The Balaban J connectivity index is 1.94. The molecule has 18 heavy (non-hydrogen) atoms. The van der Waals surface area contributed by atoms with Gasteiger partial charge >= 0.3 is 0 Å². The minimum Gasteiger partial charge on any atom is -0.294 e. The molecule has 1 aliphatic rings. The van der Waals surface area contributed by atoms with Crippen molar-refractivity contribution in [3.63, 3.8) is 0 Å². The van der Waals surface area contributed by atoms with Gasteiger partial charge in [0, 0.05) is 17.9 Å². The number of thioether (sulfide) groups is 1. The van der Waals surface area contributed by atoms with Crippen LogP contribution in [0.4, 0.5) is 0 Å². The van der Waals surface area contributed by atoms with Crippen molar-refractivity contribution in [3.05, 3.63) is 15.6 Å². The number of hydrogen-bond acceptors (Lipinski definition) is 4. The maximum atomic E-state index is 11.5. The number of rotatable bonds is 5. The highest BCUT2D eigenvalue weighted by molar-refractivity contribution is 7.99. The maximum Gasteiger partial charge on any atom is 0.171 e. The molecule has 0 N–H and O–H groups in total. The number of Topliss-reactive ketones (excluding diaryl/α,β-unsaturated/α-hetero) is 1. The van der Waals surface area contributed by atoms with Crippen molar-refractivity contribution in [2.45, 2.75) is 63.4 Å². The van der Waals surface area contributed by atoms with Gasteiger partial charge in [-0.2, -0.15) is 11.8 Å². The zero-order chi connectivity index (χ0) is 13.0. The summed E-state index contributed by atoms with van der Waals surface area (Å²) >= 11 is 3.63. The van der Waals surface area contributed by atoms with Crippen LogP contribution in [-0.2, 0) is 12.2 Å². The first kappa shape index (κ1) is 14.1. The molecule has 0 spiro atoms. The summed E-state index contributed by atoms with van der Waals surface area (Å²) in [5, 5.41) is 1.95. The molecule has 4 heteroatoms.